The van der Waals surface area contributed by atoms with Gasteiger partial charge in [0.2, 0.25) is 0 Å². The van der Waals surface area contributed by atoms with Crippen LogP contribution in [0.4, 0.5) is 13.2 Å². The van der Waals surface area contributed by atoms with E-state index in [9.17, 15) is 13.2 Å². The van der Waals surface area contributed by atoms with Crippen molar-refractivity contribution in [1.29, 1.82) is 0 Å². The van der Waals surface area contributed by atoms with Crippen LogP contribution in [0.3, 0.4) is 0 Å². The molecular formula is C6H2F3Y-. The van der Waals surface area contributed by atoms with Crippen LogP contribution in [0.15, 0.2) is 12.1 Å². The molecule has 0 atom stereocenters. The van der Waals surface area contributed by atoms with E-state index in [1.54, 1.807) is 0 Å². The molecule has 0 saturated carbocycles. The first-order valence-corrected chi connectivity index (χ1v) is 2.22. The van der Waals surface area contributed by atoms with Gasteiger partial charge in [0.05, 0.1) is 5.82 Å². The normalized spacial score (nSPS) is 8.70. The second-order valence-electron chi connectivity index (χ2n) is 1.48. The molecule has 1 aromatic rings. The van der Waals surface area contributed by atoms with E-state index in [-0.39, 0.29) is 32.7 Å². The molecule has 1 rings (SSSR count). The van der Waals surface area contributed by atoms with Gasteiger partial charge >= 0.3 is 0 Å². The largest absolute Gasteiger partial charge is 0.281 e. The van der Waals surface area contributed by atoms with Crippen LogP contribution in [0.5, 0.6) is 0 Å². The van der Waals surface area contributed by atoms with Crippen molar-refractivity contribution in [3.8, 4) is 0 Å². The summed E-state index contributed by atoms with van der Waals surface area (Å²) in [6.45, 7) is 0. The minimum absolute atomic E-state index is 0. The van der Waals surface area contributed by atoms with E-state index in [1.165, 1.54) is 0 Å². The van der Waals surface area contributed by atoms with Crippen molar-refractivity contribution < 1.29 is 45.9 Å². The van der Waals surface area contributed by atoms with Crippen molar-refractivity contribution in [2.45, 2.75) is 0 Å². The fourth-order valence-corrected chi connectivity index (χ4v) is 0.423. The molecule has 0 unspecified atom stereocenters. The van der Waals surface area contributed by atoms with Gasteiger partial charge in [0, 0.05) is 44.3 Å². The molecule has 0 aromatic heterocycles. The Bertz CT molecular complexity index is 224. The van der Waals surface area contributed by atoms with E-state index in [0.29, 0.717) is 12.1 Å². The summed E-state index contributed by atoms with van der Waals surface area (Å²) in [5.74, 6) is -3.17. The van der Waals surface area contributed by atoms with Gasteiger partial charge in [0.15, 0.2) is 0 Å². The minimum Gasteiger partial charge on any atom is -0.281 e. The molecule has 0 aliphatic carbocycles. The molecule has 0 nitrogen and oxygen atoms in total. The van der Waals surface area contributed by atoms with Gasteiger partial charge < -0.3 is 0 Å². The predicted octanol–water partition coefficient (Wildman–Crippen LogP) is 1.90. The summed E-state index contributed by atoms with van der Waals surface area (Å²) in [4.78, 5) is 0. The van der Waals surface area contributed by atoms with Crippen molar-refractivity contribution in [3.05, 3.63) is 35.7 Å². The third kappa shape index (κ3) is 2.39. The van der Waals surface area contributed by atoms with Crippen LogP contribution in [-0.4, -0.2) is 0 Å². The molecule has 0 aliphatic heterocycles. The fourth-order valence-electron chi connectivity index (χ4n) is 0.423. The van der Waals surface area contributed by atoms with Gasteiger partial charge in [0.25, 0.3) is 0 Å². The topological polar surface area (TPSA) is 0 Å². The molecule has 1 aromatic carbocycles. The Labute approximate surface area is 81.3 Å². The Morgan fingerprint density at radius 1 is 1.10 bits per heavy atom. The molecule has 0 spiro atoms. The fraction of sp³-hybridized carbons (Fsp3) is 0. The second-order valence-corrected chi connectivity index (χ2v) is 1.48. The van der Waals surface area contributed by atoms with Crippen LogP contribution in [-0.2, 0) is 32.7 Å². The standard InChI is InChI=1S/C6H2F3.Y/c7-4-1-2-5(8)6(9)3-4;/h2-3H;/q-1;. The van der Waals surface area contributed by atoms with Crippen LogP contribution in [0.25, 0.3) is 0 Å². The van der Waals surface area contributed by atoms with E-state index in [4.69, 9.17) is 0 Å². The summed E-state index contributed by atoms with van der Waals surface area (Å²) in [5, 5.41) is 0. The monoisotopic (exact) mass is 220 g/mol. The summed E-state index contributed by atoms with van der Waals surface area (Å²) in [7, 11) is 0. The average molecular weight is 220 g/mol. The van der Waals surface area contributed by atoms with Crippen molar-refractivity contribution in [2.24, 2.45) is 0 Å². The molecule has 4 heteroatoms. The minimum atomic E-state index is -1.19. The number of hydrogen-bond acceptors (Lipinski definition) is 0. The van der Waals surface area contributed by atoms with Crippen molar-refractivity contribution in [1.82, 2.24) is 0 Å². The van der Waals surface area contributed by atoms with Crippen LogP contribution < -0.4 is 0 Å². The number of hydrogen-bond donors (Lipinski definition) is 0. The van der Waals surface area contributed by atoms with E-state index >= 15 is 0 Å². The van der Waals surface area contributed by atoms with Gasteiger partial charge in [-0.2, -0.15) is 0 Å². The van der Waals surface area contributed by atoms with E-state index in [1.807, 2.05) is 6.07 Å². The zero-order chi connectivity index (χ0) is 6.85. The quantitative estimate of drug-likeness (QED) is 0.462. The second kappa shape index (κ2) is 4.09. The maximum Gasteiger partial charge on any atom is 0.0521 e. The van der Waals surface area contributed by atoms with Crippen LogP contribution in [0, 0.1) is 23.5 Å². The Balaban J connectivity index is 0.000000810. The molecule has 0 N–H and O–H groups in total. The summed E-state index contributed by atoms with van der Waals surface area (Å²) >= 11 is 0. The first-order chi connectivity index (χ1) is 4.20. The molecule has 51 valence electrons. The molecule has 0 aliphatic rings. The first kappa shape index (κ1) is 10.1. The van der Waals surface area contributed by atoms with Gasteiger partial charge in [-0.1, -0.05) is 6.07 Å². The van der Waals surface area contributed by atoms with E-state index in [2.05, 4.69) is 0 Å². The SMILES string of the molecule is Fc1[c-]cc(F)c(F)c1.[Y]. The number of halogens is 3. The molecule has 0 bridgehead atoms. The van der Waals surface area contributed by atoms with Crippen molar-refractivity contribution in [3.63, 3.8) is 0 Å². The molecule has 0 fully saturated rings. The Morgan fingerprint density at radius 2 is 1.70 bits per heavy atom. The van der Waals surface area contributed by atoms with Gasteiger partial charge in [-0.15, -0.1) is 12.1 Å². The summed E-state index contributed by atoms with van der Waals surface area (Å²) in [5.41, 5.74) is 0. The predicted molar refractivity (Wildman–Crippen MR) is 25.2 cm³/mol. The summed E-state index contributed by atoms with van der Waals surface area (Å²) in [6.07, 6.45) is 0. The average Bonchev–Trinajstić information content (AvgIpc) is 1.80. The number of rotatable bonds is 0. The summed E-state index contributed by atoms with van der Waals surface area (Å²) < 4.78 is 35.8. The van der Waals surface area contributed by atoms with Crippen molar-refractivity contribution in [2.75, 3.05) is 0 Å². The van der Waals surface area contributed by atoms with Gasteiger partial charge in [-0.05, 0) is 0 Å². The Kier molecular flexibility index (Phi) is 4.14. The maximum absolute atomic E-state index is 11.9. The third-order valence-corrected chi connectivity index (χ3v) is 0.818. The van der Waals surface area contributed by atoms with Crippen LogP contribution >= 0.6 is 0 Å². The summed E-state index contributed by atoms with van der Waals surface area (Å²) in [6, 6.07) is 2.91. The molecule has 0 amide bonds. The van der Waals surface area contributed by atoms with Gasteiger partial charge in [0.1, 0.15) is 0 Å². The molecule has 0 heterocycles. The zero-order valence-electron chi connectivity index (χ0n) is 4.87. The molecule has 1 radical (unpaired) electrons. The zero-order valence-corrected chi connectivity index (χ0v) is 7.70. The van der Waals surface area contributed by atoms with Crippen LogP contribution in [0.1, 0.15) is 0 Å². The van der Waals surface area contributed by atoms with Crippen LogP contribution in [0.2, 0.25) is 0 Å². The molecule has 0 saturated heterocycles. The van der Waals surface area contributed by atoms with E-state index < -0.39 is 17.5 Å². The molecule has 10 heavy (non-hydrogen) atoms. The van der Waals surface area contributed by atoms with Gasteiger partial charge in [-0.25, -0.2) is 8.78 Å². The Morgan fingerprint density at radius 3 is 2.10 bits per heavy atom. The van der Waals surface area contributed by atoms with E-state index in [0.717, 1.165) is 0 Å². The van der Waals surface area contributed by atoms with Crippen molar-refractivity contribution >= 4 is 0 Å². The first-order valence-electron chi connectivity index (χ1n) is 2.22. The number of benzene rings is 1. The maximum atomic E-state index is 11.9. The third-order valence-electron chi connectivity index (χ3n) is 0.818. The van der Waals surface area contributed by atoms with Gasteiger partial charge in [-0.3, -0.25) is 4.39 Å². The Hall–Kier alpha value is 0.114. The molecular weight excluding hydrogens is 218 g/mol. The smallest absolute Gasteiger partial charge is 0.0521 e.